The molecule has 1 atom stereocenters. The van der Waals surface area contributed by atoms with Crippen LogP contribution in [0.5, 0.6) is 0 Å². The van der Waals surface area contributed by atoms with Gasteiger partial charge in [-0.2, -0.15) is 0 Å². The quantitative estimate of drug-likeness (QED) is 0.410. The van der Waals surface area contributed by atoms with Crippen molar-refractivity contribution in [2.24, 2.45) is 0 Å². The van der Waals surface area contributed by atoms with Crippen molar-refractivity contribution in [1.82, 2.24) is 5.32 Å². The zero-order chi connectivity index (χ0) is 22.9. The number of rotatable bonds is 6. The Morgan fingerprint density at radius 3 is 2.32 bits per heavy atom. The van der Waals surface area contributed by atoms with E-state index < -0.39 is 35.0 Å². The Morgan fingerprint density at radius 2 is 1.81 bits per heavy atom. The predicted octanol–water partition coefficient (Wildman–Crippen LogP) is 3.00. The summed E-state index contributed by atoms with van der Waals surface area (Å²) in [7, 11) is 1.22. The first-order valence-electron chi connectivity index (χ1n) is 9.72. The summed E-state index contributed by atoms with van der Waals surface area (Å²) >= 11 is 0. The van der Waals surface area contributed by atoms with E-state index in [0.29, 0.717) is 17.0 Å². The number of methoxy groups -OCH3 is 1. The molecule has 1 unspecified atom stereocenters. The average Bonchev–Trinajstić information content (AvgIpc) is 2.71. The number of benzene rings is 1. The third kappa shape index (κ3) is 4.17. The summed E-state index contributed by atoms with van der Waals surface area (Å²) in [5, 5.41) is 14.3. The zero-order valence-corrected chi connectivity index (χ0v) is 17.9. The second-order valence-electron chi connectivity index (χ2n) is 7.21. The summed E-state index contributed by atoms with van der Waals surface area (Å²) in [6.45, 7) is 6.72. The van der Waals surface area contributed by atoms with Gasteiger partial charge in [-0.05, 0) is 26.3 Å². The highest BCUT2D eigenvalue weighted by Gasteiger charge is 2.49. The third-order valence-electron chi connectivity index (χ3n) is 5.17. The minimum atomic E-state index is -1.52. The largest absolute Gasteiger partial charge is 0.466 e. The first kappa shape index (κ1) is 22.4. The molecule has 0 aliphatic carbocycles. The van der Waals surface area contributed by atoms with E-state index in [0.717, 1.165) is 0 Å². The van der Waals surface area contributed by atoms with Crippen LogP contribution in [0.15, 0.2) is 46.8 Å². The summed E-state index contributed by atoms with van der Waals surface area (Å²) in [5.41, 5.74) is 1.35. The minimum absolute atomic E-state index is 0.103. The maximum atomic E-state index is 13.3. The number of hydrogen-bond donors (Lipinski definition) is 1. The topological polar surface area (TPSA) is 126 Å². The number of nitrogens with zero attached hydrogens (tertiary/aromatic N) is 1. The Bertz CT molecular complexity index is 991. The number of dihydropyridines is 1. The van der Waals surface area contributed by atoms with Crippen LogP contribution in [0.25, 0.3) is 0 Å². The van der Waals surface area contributed by atoms with Gasteiger partial charge in [0.1, 0.15) is 0 Å². The maximum Gasteiger partial charge on any atom is 0.341 e. The molecular weight excluding hydrogens is 408 g/mol. The van der Waals surface area contributed by atoms with Crippen LogP contribution in [0.3, 0.4) is 0 Å². The van der Waals surface area contributed by atoms with Gasteiger partial charge in [0.25, 0.3) is 5.69 Å². The van der Waals surface area contributed by atoms with Crippen molar-refractivity contribution in [3.05, 3.63) is 62.5 Å². The van der Waals surface area contributed by atoms with Gasteiger partial charge in [-0.1, -0.05) is 19.1 Å². The average molecular weight is 432 g/mol. The van der Waals surface area contributed by atoms with Crippen LogP contribution in [0, 0.1) is 10.1 Å². The van der Waals surface area contributed by atoms with Gasteiger partial charge in [0.15, 0.2) is 6.29 Å². The normalized spacial score (nSPS) is 25.5. The fraction of sp³-hybridized carbons (Fsp3) is 0.429. The molecule has 2 heterocycles. The summed E-state index contributed by atoms with van der Waals surface area (Å²) in [6, 6.07) is 5.75. The summed E-state index contributed by atoms with van der Waals surface area (Å²) in [5.74, 6) is -3.91. The van der Waals surface area contributed by atoms with Gasteiger partial charge in [-0.15, -0.1) is 0 Å². The van der Waals surface area contributed by atoms with Crippen LogP contribution in [-0.4, -0.2) is 36.2 Å². The van der Waals surface area contributed by atoms with Crippen molar-refractivity contribution in [3.8, 4) is 0 Å². The molecule has 10 nitrogen and oxygen atoms in total. The molecule has 1 N–H and O–H groups in total. The van der Waals surface area contributed by atoms with Crippen LogP contribution in [-0.2, 0) is 28.5 Å². The molecule has 1 aromatic rings. The third-order valence-corrected chi connectivity index (χ3v) is 5.17. The number of ether oxygens (including phenoxy) is 4. The lowest BCUT2D eigenvalue weighted by atomic mass is 9.80. The Balaban J connectivity index is 2.10. The van der Waals surface area contributed by atoms with Gasteiger partial charge in [0.05, 0.1) is 29.1 Å². The molecule has 0 spiro atoms. The Labute approximate surface area is 178 Å². The van der Waals surface area contributed by atoms with E-state index in [1.54, 1.807) is 33.8 Å². The monoisotopic (exact) mass is 432 g/mol. The predicted molar refractivity (Wildman–Crippen MR) is 107 cm³/mol. The summed E-state index contributed by atoms with van der Waals surface area (Å²) < 4.78 is 21.4. The number of carbonyl (C=O) groups is 2. The standard InChI is InChI=1S/C21H24N2O8/c1-6-21(29-13(4)30-21)31-20(25)17-12(3)22-11(2)16(19(24)28-5)18(17)14-8-7-9-15(10-14)23(26)27/h7-10,13,18,22H,6H2,1-5H3. The molecule has 166 valence electrons. The number of nitro groups is 1. The van der Waals surface area contributed by atoms with Crippen molar-refractivity contribution in [2.45, 2.75) is 52.3 Å². The SMILES string of the molecule is CCC1(OC(=O)C2=C(C)NC(C)=C(C(=O)OC)C2c2cccc([N+](=O)[O-])c2)OC(C)O1. The zero-order valence-electron chi connectivity index (χ0n) is 17.9. The smallest absolute Gasteiger partial charge is 0.341 e. The molecule has 0 saturated carbocycles. The molecule has 1 saturated heterocycles. The van der Waals surface area contributed by atoms with Crippen LogP contribution < -0.4 is 5.32 Å². The molecule has 0 radical (unpaired) electrons. The molecule has 0 amide bonds. The number of hydrogen-bond acceptors (Lipinski definition) is 9. The Morgan fingerprint density at radius 1 is 1.19 bits per heavy atom. The van der Waals surface area contributed by atoms with Crippen molar-refractivity contribution in [2.75, 3.05) is 7.11 Å². The molecule has 0 aromatic heterocycles. The van der Waals surface area contributed by atoms with Crippen LogP contribution in [0.1, 0.15) is 45.6 Å². The van der Waals surface area contributed by atoms with E-state index in [4.69, 9.17) is 18.9 Å². The lowest BCUT2D eigenvalue weighted by Crippen LogP contribution is -2.55. The molecule has 1 aromatic carbocycles. The van der Waals surface area contributed by atoms with E-state index in [2.05, 4.69) is 5.32 Å². The number of esters is 2. The number of nitrogens with one attached hydrogen (secondary N) is 1. The summed E-state index contributed by atoms with van der Waals surface area (Å²) in [4.78, 5) is 36.7. The van der Waals surface area contributed by atoms with Gasteiger partial charge >= 0.3 is 17.9 Å². The second kappa shape index (κ2) is 8.48. The van der Waals surface area contributed by atoms with Crippen LogP contribution >= 0.6 is 0 Å². The Kier molecular flexibility index (Phi) is 6.14. The lowest BCUT2D eigenvalue weighted by molar-refractivity contribution is -0.523. The van der Waals surface area contributed by atoms with Crippen molar-refractivity contribution < 1.29 is 33.5 Å². The van der Waals surface area contributed by atoms with Gasteiger partial charge in [-0.3, -0.25) is 19.6 Å². The first-order valence-corrected chi connectivity index (χ1v) is 9.72. The minimum Gasteiger partial charge on any atom is -0.466 e. The molecule has 0 bridgehead atoms. The van der Waals surface area contributed by atoms with Crippen molar-refractivity contribution in [3.63, 3.8) is 0 Å². The van der Waals surface area contributed by atoms with Gasteiger partial charge in [0.2, 0.25) is 0 Å². The number of carbonyl (C=O) groups excluding carboxylic acids is 2. The highest BCUT2D eigenvalue weighted by molar-refractivity contribution is 6.00. The molecular formula is C21H24N2O8. The van der Waals surface area contributed by atoms with Gasteiger partial charge in [-0.25, -0.2) is 9.59 Å². The fourth-order valence-electron chi connectivity index (χ4n) is 3.79. The number of allylic oxidation sites excluding steroid dienone is 2. The molecule has 10 heteroatoms. The highest BCUT2D eigenvalue weighted by Crippen LogP contribution is 2.42. The lowest BCUT2D eigenvalue weighted by Gasteiger charge is -2.44. The summed E-state index contributed by atoms with van der Waals surface area (Å²) in [6.07, 6.45) is -0.268. The van der Waals surface area contributed by atoms with Crippen LogP contribution in [0.2, 0.25) is 0 Å². The van der Waals surface area contributed by atoms with E-state index in [1.807, 2.05) is 0 Å². The number of non-ortho nitro benzene ring substituents is 1. The molecule has 2 aliphatic heterocycles. The van der Waals surface area contributed by atoms with E-state index in [-0.39, 0.29) is 23.3 Å². The van der Waals surface area contributed by atoms with Crippen molar-refractivity contribution >= 4 is 17.6 Å². The molecule has 31 heavy (non-hydrogen) atoms. The van der Waals surface area contributed by atoms with E-state index >= 15 is 0 Å². The van der Waals surface area contributed by atoms with Crippen LogP contribution in [0.4, 0.5) is 5.69 Å². The van der Waals surface area contributed by atoms with E-state index in [1.165, 1.54) is 25.3 Å². The van der Waals surface area contributed by atoms with E-state index in [9.17, 15) is 19.7 Å². The molecule has 3 rings (SSSR count). The van der Waals surface area contributed by atoms with Gasteiger partial charge < -0.3 is 14.8 Å². The Hall–Kier alpha value is -3.24. The number of nitro benzene ring substituents is 1. The van der Waals surface area contributed by atoms with Gasteiger partial charge in [0, 0.05) is 29.9 Å². The second-order valence-corrected chi connectivity index (χ2v) is 7.21. The molecule has 2 aliphatic rings. The van der Waals surface area contributed by atoms with Crippen molar-refractivity contribution in [1.29, 1.82) is 0 Å². The first-order chi connectivity index (χ1) is 14.6. The molecule has 1 fully saturated rings. The maximum absolute atomic E-state index is 13.3. The highest BCUT2D eigenvalue weighted by atomic mass is 17.0. The fourth-order valence-corrected chi connectivity index (χ4v) is 3.79.